The molecule has 1 aromatic heterocycles. The van der Waals surface area contributed by atoms with Gasteiger partial charge >= 0.3 is 0 Å². The van der Waals surface area contributed by atoms with Crippen LogP contribution >= 0.6 is 0 Å². The van der Waals surface area contributed by atoms with E-state index in [0.29, 0.717) is 5.92 Å². The molecule has 1 atom stereocenters. The molecule has 0 bridgehead atoms. The van der Waals surface area contributed by atoms with Gasteiger partial charge in [0.2, 0.25) is 0 Å². The molecule has 1 aromatic rings. The van der Waals surface area contributed by atoms with E-state index in [4.69, 9.17) is 4.42 Å². The maximum atomic E-state index is 5.81. The molecule has 0 aliphatic carbocycles. The summed E-state index contributed by atoms with van der Waals surface area (Å²) >= 11 is 0. The normalized spacial score (nSPS) is 22.3. The van der Waals surface area contributed by atoms with Crippen molar-refractivity contribution >= 4 is 0 Å². The molecule has 0 amide bonds. The Hall–Kier alpha value is -0.830. The van der Waals surface area contributed by atoms with E-state index < -0.39 is 0 Å². The minimum Gasteiger partial charge on any atom is -0.445 e. The van der Waals surface area contributed by atoms with E-state index in [1.54, 1.807) is 0 Å². The molecule has 0 saturated carbocycles. The van der Waals surface area contributed by atoms with Gasteiger partial charge < -0.3 is 9.73 Å². The van der Waals surface area contributed by atoms with Crippen molar-refractivity contribution in [1.82, 2.24) is 10.3 Å². The van der Waals surface area contributed by atoms with Crippen LogP contribution in [0.2, 0.25) is 0 Å². The number of nitrogens with zero attached hydrogens (tertiary/aromatic N) is 1. The van der Waals surface area contributed by atoms with Gasteiger partial charge in [-0.05, 0) is 31.8 Å². The lowest BCUT2D eigenvalue weighted by atomic mass is 9.94. The molecule has 3 heteroatoms. The summed E-state index contributed by atoms with van der Waals surface area (Å²) in [5.74, 6) is 2.59. The highest BCUT2D eigenvalue weighted by molar-refractivity contribution is 5.06. The Kier molecular flexibility index (Phi) is 3.33. The predicted octanol–water partition coefficient (Wildman–Crippen LogP) is 2.51. The summed E-state index contributed by atoms with van der Waals surface area (Å²) in [6.45, 7) is 8.72. The maximum absolute atomic E-state index is 5.81. The Bertz CT molecular complexity index is 332. The van der Waals surface area contributed by atoms with Gasteiger partial charge in [-0.3, -0.25) is 0 Å². The lowest BCUT2D eigenvalue weighted by Gasteiger charge is -2.21. The molecule has 1 fully saturated rings. The minimum absolute atomic E-state index is 0.0655. The van der Waals surface area contributed by atoms with Gasteiger partial charge in [0.15, 0.2) is 5.89 Å². The highest BCUT2D eigenvalue weighted by atomic mass is 16.4. The molecule has 0 aromatic carbocycles. The number of rotatable bonds is 2. The smallest absolute Gasteiger partial charge is 0.194 e. The van der Waals surface area contributed by atoms with E-state index in [9.17, 15) is 0 Å². The second-order valence-corrected chi connectivity index (χ2v) is 5.78. The van der Waals surface area contributed by atoms with Gasteiger partial charge in [-0.2, -0.15) is 0 Å². The number of piperidine rings is 1. The lowest BCUT2D eigenvalue weighted by molar-refractivity contribution is 0.325. The van der Waals surface area contributed by atoms with E-state index in [1.807, 2.05) is 6.20 Å². The van der Waals surface area contributed by atoms with Crippen molar-refractivity contribution in [1.29, 1.82) is 0 Å². The summed E-state index contributed by atoms with van der Waals surface area (Å²) in [5.41, 5.74) is 0.0655. The fourth-order valence-corrected chi connectivity index (χ4v) is 2.10. The largest absolute Gasteiger partial charge is 0.445 e. The minimum atomic E-state index is 0.0655. The van der Waals surface area contributed by atoms with E-state index in [1.165, 1.54) is 12.8 Å². The van der Waals surface area contributed by atoms with Crippen molar-refractivity contribution < 1.29 is 4.42 Å². The lowest BCUT2D eigenvalue weighted by Crippen LogP contribution is -2.30. The van der Waals surface area contributed by atoms with Crippen molar-refractivity contribution in [2.45, 2.75) is 45.4 Å². The van der Waals surface area contributed by atoms with E-state index in [2.05, 4.69) is 31.1 Å². The topological polar surface area (TPSA) is 38.1 Å². The van der Waals surface area contributed by atoms with Crippen LogP contribution in [0.3, 0.4) is 0 Å². The number of hydrogen-bond acceptors (Lipinski definition) is 3. The molecule has 16 heavy (non-hydrogen) atoms. The summed E-state index contributed by atoms with van der Waals surface area (Å²) in [5, 5.41) is 3.42. The monoisotopic (exact) mass is 222 g/mol. The number of aromatic nitrogens is 1. The summed E-state index contributed by atoms with van der Waals surface area (Å²) in [7, 11) is 0. The Morgan fingerprint density at radius 1 is 1.50 bits per heavy atom. The summed E-state index contributed by atoms with van der Waals surface area (Å²) in [4.78, 5) is 4.38. The number of oxazole rings is 1. The zero-order valence-electron chi connectivity index (χ0n) is 10.5. The van der Waals surface area contributed by atoms with Crippen LogP contribution in [0.4, 0.5) is 0 Å². The molecule has 1 N–H and O–H groups in total. The fourth-order valence-electron chi connectivity index (χ4n) is 2.10. The van der Waals surface area contributed by atoms with E-state index >= 15 is 0 Å². The quantitative estimate of drug-likeness (QED) is 0.835. The molecule has 1 saturated heterocycles. The van der Waals surface area contributed by atoms with Gasteiger partial charge in [0.25, 0.3) is 0 Å². The zero-order valence-corrected chi connectivity index (χ0v) is 10.5. The number of hydrogen-bond donors (Lipinski definition) is 1. The van der Waals surface area contributed by atoms with Gasteiger partial charge in [-0.1, -0.05) is 20.8 Å². The first-order valence-corrected chi connectivity index (χ1v) is 6.21. The molecule has 2 heterocycles. The third-order valence-corrected chi connectivity index (χ3v) is 3.15. The van der Waals surface area contributed by atoms with Crippen molar-refractivity contribution in [3.63, 3.8) is 0 Å². The van der Waals surface area contributed by atoms with Crippen molar-refractivity contribution in [3.05, 3.63) is 17.8 Å². The first-order chi connectivity index (χ1) is 7.55. The van der Waals surface area contributed by atoms with Crippen LogP contribution in [0.5, 0.6) is 0 Å². The molecule has 0 radical (unpaired) electrons. The Labute approximate surface area is 97.6 Å². The van der Waals surface area contributed by atoms with Gasteiger partial charge in [-0.25, -0.2) is 4.98 Å². The molecule has 90 valence electrons. The summed E-state index contributed by atoms with van der Waals surface area (Å²) in [6, 6.07) is 0. The van der Waals surface area contributed by atoms with Gasteiger partial charge in [0.1, 0.15) is 5.76 Å². The molecule has 1 aliphatic rings. The predicted molar refractivity (Wildman–Crippen MR) is 64.5 cm³/mol. The molecule has 3 nitrogen and oxygen atoms in total. The molecular weight excluding hydrogens is 200 g/mol. The van der Waals surface area contributed by atoms with Crippen molar-refractivity contribution in [2.24, 2.45) is 5.92 Å². The Morgan fingerprint density at radius 2 is 2.31 bits per heavy atom. The van der Waals surface area contributed by atoms with Crippen molar-refractivity contribution in [2.75, 3.05) is 13.1 Å². The molecule has 0 spiro atoms. The summed E-state index contributed by atoms with van der Waals surface area (Å²) < 4.78 is 5.81. The van der Waals surface area contributed by atoms with E-state index in [0.717, 1.165) is 31.2 Å². The maximum Gasteiger partial charge on any atom is 0.194 e. The van der Waals surface area contributed by atoms with Crippen LogP contribution in [-0.2, 0) is 11.8 Å². The fraction of sp³-hybridized carbons (Fsp3) is 0.769. The highest BCUT2D eigenvalue weighted by Crippen LogP contribution is 2.24. The van der Waals surface area contributed by atoms with Crippen LogP contribution < -0.4 is 5.32 Å². The highest BCUT2D eigenvalue weighted by Gasteiger charge is 2.21. The van der Waals surface area contributed by atoms with Gasteiger partial charge in [0, 0.05) is 11.8 Å². The molecule has 1 unspecified atom stereocenters. The number of nitrogens with one attached hydrogen (secondary N) is 1. The van der Waals surface area contributed by atoms with Gasteiger partial charge in [-0.15, -0.1) is 0 Å². The summed E-state index contributed by atoms with van der Waals surface area (Å²) in [6.07, 6.45) is 5.42. The second-order valence-electron chi connectivity index (χ2n) is 5.78. The van der Waals surface area contributed by atoms with Crippen LogP contribution in [0, 0.1) is 5.92 Å². The average Bonchev–Trinajstić information content (AvgIpc) is 2.67. The van der Waals surface area contributed by atoms with Crippen molar-refractivity contribution in [3.8, 4) is 0 Å². The Balaban J connectivity index is 1.97. The first kappa shape index (κ1) is 11.6. The van der Waals surface area contributed by atoms with Crippen LogP contribution in [0.15, 0.2) is 10.6 Å². The van der Waals surface area contributed by atoms with Crippen LogP contribution in [-0.4, -0.2) is 18.1 Å². The third kappa shape index (κ3) is 2.85. The average molecular weight is 222 g/mol. The van der Waals surface area contributed by atoms with Crippen LogP contribution in [0.25, 0.3) is 0 Å². The molecule has 1 aliphatic heterocycles. The molecular formula is C13H22N2O. The first-order valence-electron chi connectivity index (χ1n) is 6.21. The van der Waals surface area contributed by atoms with E-state index in [-0.39, 0.29) is 5.41 Å². The standard InChI is InChI=1S/C13H22N2O/c1-13(2,3)11-9-15-12(16-11)7-10-5-4-6-14-8-10/h9-10,14H,4-8H2,1-3H3. The Morgan fingerprint density at radius 3 is 2.88 bits per heavy atom. The van der Waals surface area contributed by atoms with Crippen LogP contribution in [0.1, 0.15) is 45.3 Å². The third-order valence-electron chi connectivity index (χ3n) is 3.15. The SMILES string of the molecule is CC(C)(C)c1cnc(CC2CCCNC2)o1. The van der Waals surface area contributed by atoms with Gasteiger partial charge in [0.05, 0.1) is 6.20 Å². The molecule has 2 rings (SSSR count). The zero-order chi connectivity index (χ0) is 11.6. The second kappa shape index (κ2) is 4.58.